The summed E-state index contributed by atoms with van der Waals surface area (Å²) in [6.07, 6.45) is 0.330. The second-order valence-corrected chi connectivity index (χ2v) is 6.17. The monoisotopic (exact) mass is 369 g/mol. The Hall–Kier alpha value is -2.84. The molecule has 0 radical (unpaired) electrons. The minimum atomic E-state index is -0.784. The minimum Gasteiger partial charge on any atom is -0.340 e. The van der Waals surface area contributed by atoms with Gasteiger partial charge in [-0.15, -0.1) is 11.6 Å². The molecule has 6 heteroatoms. The lowest BCUT2D eigenvalue weighted by atomic mass is 10.0. The molecule has 5 nitrogen and oxygen atoms in total. The van der Waals surface area contributed by atoms with E-state index in [9.17, 15) is 9.59 Å². The molecule has 0 aliphatic carbocycles. The van der Waals surface area contributed by atoms with Crippen molar-refractivity contribution in [3.8, 4) is 6.07 Å². The Morgan fingerprint density at radius 1 is 1.04 bits per heavy atom. The van der Waals surface area contributed by atoms with Crippen LogP contribution in [-0.2, 0) is 17.1 Å². The third-order valence-corrected chi connectivity index (χ3v) is 4.14. The average molecular weight is 370 g/mol. The summed E-state index contributed by atoms with van der Waals surface area (Å²) < 4.78 is 0. The summed E-state index contributed by atoms with van der Waals surface area (Å²) in [6, 6.07) is 16.8. The van der Waals surface area contributed by atoms with Crippen molar-refractivity contribution < 1.29 is 9.59 Å². The molecule has 0 saturated heterocycles. The quantitative estimate of drug-likeness (QED) is 0.736. The van der Waals surface area contributed by atoms with Crippen molar-refractivity contribution in [2.24, 2.45) is 0 Å². The summed E-state index contributed by atoms with van der Waals surface area (Å²) in [5, 5.41) is 14.2. The van der Waals surface area contributed by atoms with E-state index in [0.29, 0.717) is 17.9 Å². The zero-order valence-corrected chi connectivity index (χ0v) is 15.2. The molecule has 2 N–H and O–H groups in total. The maximum absolute atomic E-state index is 12.5. The van der Waals surface area contributed by atoms with Crippen LogP contribution in [0.2, 0.25) is 0 Å². The molecule has 2 amide bonds. The van der Waals surface area contributed by atoms with Crippen LogP contribution in [0.5, 0.6) is 0 Å². The summed E-state index contributed by atoms with van der Waals surface area (Å²) in [6.45, 7) is 1.59. The Balaban J connectivity index is 2.15. The van der Waals surface area contributed by atoms with Crippen LogP contribution in [0.15, 0.2) is 54.6 Å². The number of alkyl halides is 1. The molecule has 2 rings (SSSR count). The molecule has 0 aliphatic rings. The predicted molar refractivity (Wildman–Crippen MR) is 101 cm³/mol. The fourth-order valence-corrected chi connectivity index (χ4v) is 2.57. The van der Waals surface area contributed by atoms with Crippen molar-refractivity contribution in [1.29, 1.82) is 5.26 Å². The maximum atomic E-state index is 12.5. The van der Waals surface area contributed by atoms with Crippen molar-refractivity contribution in [1.82, 2.24) is 10.6 Å². The number of benzene rings is 2. The maximum Gasteiger partial charge on any atom is 0.251 e. The fraction of sp³-hybridized carbons (Fsp3) is 0.250. The second kappa shape index (κ2) is 9.59. The molecule has 2 atom stereocenters. The van der Waals surface area contributed by atoms with Gasteiger partial charge in [-0.3, -0.25) is 9.59 Å². The van der Waals surface area contributed by atoms with E-state index in [-0.39, 0.29) is 5.91 Å². The van der Waals surface area contributed by atoms with Gasteiger partial charge < -0.3 is 10.6 Å². The molecule has 0 spiro atoms. The van der Waals surface area contributed by atoms with Gasteiger partial charge in [0.2, 0.25) is 5.91 Å². The van der Waals surface area contributed by atoms with Crippen molar-refractivity contribution in [2.75, 3.05) is 0 Å². The molecule has 0 bridgehead atoms. The molecule has 0 aromatic heterocycles. The Bertz CT molecular complexity index is 785. The Morgan fingerprint density at radius 2 is 1.69 bits per heavy atom. The molecular weight excluding hydrogens is 350 g/mol. The SMILES string of the molecule is CC(C#N)NC(=O)C(Cc1ccccc1)NC(=O)c1ccc(CCl)cc1. The van der Waals surface area contributed by atoms with Gasteiger partial charge in [-0.2, -0.15) is 5.26 Å². The first-order chi connectivity index (χ1) is 12.5. The van der Waals surface area contributed by atoms with Crippen LogP contribution in [0, 0.1) is 11.3 Å². The normalized spacial score (nSPS) is 12.5. The number of hydrogen-bond donors (Lipinski definition) is 2. The van der Waals surface area contributed by atoms with Crippen molar-refractivity contribution in [3.63, 3.8) is 0 Å². The smallest absolute Gasteiger partial charge is 0.251 e. The van der Waals surface area contributed by atoms with Crippen molar-refractivity contribution >= 4 is 23.4 Å². The minimum absolute atomic E-state index is 0.330. The second-order valence-electron chi connectivity index (χ2n) is 5.91. The van der Waals surface area contributed by atoms with Gasteiger partial charge in [-0.05, 0) is 30.2 Å². The highest BCUT2D eigenvalue weighted by atomic mass is 35.5. The van der Waals surface area contributed by atoms with E-state index in [0.717, 1.165) is 11.1 Å². The van der Waals surface area contributed by atoms with E-state index in [4.69, 9.17) is 16.9 Å². The van der Waals surface area contributed by atoms with Crippen molar-refractivity contribution in [3.05, 3.63) is 71.3 Å². The zero-order valence-electron chi connectivity index (χ0n) is 14.4. The van der Waals surface area contributed by atoms with E-state index in [1.165, 1.54) is 0 Å². The summed E-state index contributed by atoms with van der Waals surface area (Å²) in [7, 11) is 0. The molecule has 2 aromatic carbocycles. The highest BCUT2D eigenvalue weighted by Gasteiger charge is 2.23. The molecule has 0 saturated carbocycles. The first-order valence-corrected chi connectivity index (χ1v) is 8.76. The predicted octanol–water partition coefficient (Wildman–Crippen LogP) is 2.79. The lowest BCUT2D eigenvalue weighted by Crippen LogP contribution is -2.50. The van der Waals surface area contributed by atoms with Crippen LogP contribution >= 0.6 is 11.6 Å². The number of amides is 2. The molecule has 0 fully saturated rings. The van der Waals surface area contributed by atoms with Gasteiger partial charge in [0.25, 0.3) is 5.91 Å². The number of carbonyl (C=O) groups excluding carboxylic acids is 2. The molecule has 2 unspecified atom stereocenters. The van der Waals surface area contributed by atoms with E-state index < -0.39 is 18.0 Å². The number of rotatable bonds is 7. The van der Waals surface area contributed by atoms with Crippen LogP contribution < -0.4 is 10.6 Å². The van der Waals surface area contributed by atoms with Crippen LogP contribution in [0.1, 0.15) is 28.4 Å². The van der Waals surface area contributed by atoms with E-state index in [2.05, 4.69) is 10.6 Å². The number of nitriles is 1. The first-order valence-electron chi connectivity index (χ1n) is 8.23. The molecule has 0 aliphatic heterocycles. The number of hydrogen-bond acceptors (Lipinski definition) is 3. The topological polar surface area (TPSA) is 82.0 Å². The van der Waals surface area contributed by atoms with Gasteiger partial charge in [0.15, 0.2) is 0 Å². The van der Waals surface area contributed by atoms with Gasteiger partial charge in [-0.1, -0.05) is 42.5 Å². The highest BCUT2D eigenvalue weighted by molar-refractivity contribution is 6.17. The molecule has 2 aromatic rings. The van der Waals surface area contributed by atoms with Gasteiger partial charge in [0, 0.05) is 17.9 Å². The zero-order chi connectivity index (χ0) is 18.9. The van der Waals surface area contributed by atoms with Crippen molar-refractivity contribution in [2.45, 2.75) is 31.3 Å². The fourth-order valence-electron chi connectivity index (χ4n) is 2.39. The lowest BCUT2D eigenvalue weighted by Gasteiger charge is -2.19. The summed E-state index contributed by atoms with van der Waals surface area (Å²) >= 11 is 5.76. The number of nitrogens with zero attached hydrogens (tertiary/aromatic N) is 1. The third-order valence-electron chi connectivity index (χ3n) is 3.83. The third kappa shape index (κ3) is 5.61. The van der Waals surface area contributed by atoms with Crippen LogP contribution in [0.4, 0.5) is 0 Å². The number of halogens is 1. The lowest BCUT2D eigenvalue weighted by molar-refractivity contribution is -0.123. The Morgan fingerprint density at radius 3 is 2.27 bits per heavy atom. The molecular formula is C20H20ClN3O2. The first kappa shape index (κ1) is 19.5. The largest absolute Gasteiger partial charge is 0.340 e. The van der Waals surface area contributed by atoms with E-state index in [1.807, 2.05) is 36.4 Å². The Labute approximate surface area is 158 Å². The van der Waals surface area contributed by atoms with Gasteiger partial charge >= 0.3 is 0 Å². The molecule has 0 heterocycles. The van der Waals surface area contributed by atoms with Gasteiger partial charge in [0.05, 0.1) is 6.07 Å². The Kier molecular flexibility index (Phi) is 7.19. The molecule has 26 heavy (non-hydrogen) atoms. The summed E-state index contributed by atoms with van der Waals surface area (Å²) in [5.74, 6) is -0.382. The molecule has 134 valence electrons. The summed E-state index contributed by atoms with van der Waals surface area (Å²) in [4.78, 5) is 25.0. The standard InChI is InChI=1S/C20H20ClN3O2/c1-14(13-22)23-20(26)18(11-15-5-3-2-4-6-15)24-19(25)17-9-7-16(12-21)8-10-17/h2-10,14,18H,11-12H2,1H3,(H,23,26)(H,24,25). The van der Waals surface area contributed by atoms with Gasteiger partial charge in [0.1, 0.15) is 12.1 Å². The van der Waals surface area contributed by atoms with Crippen LogP contribution in [0.25, 0.3) is 0 Å². The van der Waals surface area contributed by atoms with Crippen LogP contribution in [0.3, 0.4) is 0 Å². The van der Waals surface area contributed by atoms with E-state index >= 15 is 0 Å². The summed E-state index contributed by atoms with van der Waals surface area (Å²) in [5.41, 5.74) is 2.26. The van der Waals surface area contributed by atoms with Crippen LogP contribution in [-0.4, -0.2) is 23.9 Å². The average Bonchev–Trinajstić information content (AvgIpc) is 2.68. The van der Waals surface area contributed by atoms with Gasteiger partial charge in [-0.25, -0.2) is 0 Å². The number of carbonyl (C=O) groups is 2. The number of nitrogens with one attached hydrogen (secondary N) is 2. The van der Waals surface area contributed by atoms with E-state index in [1.54, 1.807) is 31.2 Å². The highest BCUT2D eigenvalue weighted by Crippen LogP contribution is 2.09.